The molecule has 1 heterocycles. The summed E-state index contributed by atoms with van der Waals surface area (Å²) in [4.78, 5) is 43.2. The first kappa shape index (κ1) is 21.8. The van der Waals surface area contributed by atoms with E-state index < -0.39 is 11.7 Å². The molecule has 0 aliphatic heterocycles. The van der Waals surface area contributed by atoms with Crippen molar-refractivity contribution in [2.24, 2.45) is 0 Å². The maximum absolute atomic E-state index is 12.5. The van der Waals surface area contributed by atoms with Gasteiger partial charge in [-0.15, -0.1) is 0 Å². The summed E-state index contributed by atoms with van der Waals surface area (Å²) < 4.78 is 5.08. The number of rotatable bonds is 6. The van der Waals surface area contributed by atoms with Crippen LogP contribution in [-0.4, -0.2) is 40.0 Å². The number of hydrogen-bond acceptors (Lipinski definition) is 5. The molecule has 4 N–H and O–H groups in total. The van der Waals surface area contributed by atoms with E-state index >= 15 is 0 Å². The minimum Gasteiger partial charge on any atom is -0.444 e. The number of anilines is 1. The lowest BCUT2D eigenvalue weighted by atomic mass is 10.1. The number of nitrogens with zero attached hydrogens (tertiary/aromatic N) is 1. The van der Waals surface area contributed by atoms with Gasteiger partial charge in [-0.25, -0.2) is 9.78 Å². The van der Waals surface area contributed by atoms with Crippen molar-refractivity contribution in [3.63, 3.8) is 0 Å². The van der Waals surface area contributed by atoms with Gasteiger partial charge >= 0.3 is 6.09 Å². The Morgan fingerprint density at radius 2 is 1.87 bits per heavy atom. The zero-order chi connectivity index (χ0) is 22.4. The number of carbonyl (C=O) groups is 3. The van der Waals surface area contributed by atoms with Crippen LogP contribution in [-0.2, 0) is 16.1 Å². The number of aromatic amines is 1. The summed E-state index contributed by atoms with van der Waals surface area (Å²) >= 11 is 0. The molecule has 3 aromatic rings. The van der Waals surface area contributed by atoms with Crippen molar-refractivity contribution in [2.45, 2.75) is 32.9 Å². The van der Waals surface area contributed by atoms with Crippen molar-refractivity contribution in [3.05, 3.63) is 59.9 Å². The Kier molecular flexibility index (Phi) is 6.54. The first-order valence-electron chi connectivity index (χ1n) is 9.76. The molecule has 0 radical (unpaired) electrons. The number of alkyl carbamates (subject to hydrolysis) is 1. The number of imidazole rings is 1. The third-order valence-electron chi connectivity index (χ3n) is 4.15. The summed E-state index contributed by atoms with van der Waals surface area (Å²) in [6.45, 7) is 5.29. The molecule has 31 heavy (non-hydrogen) atoms. The molecule has 0 saturated heterocycles. The highest BCUT2D eigenvalue weighted by atomic mass is 16.6. The topological polar surface area (TPSA) is 125 Å². The smallest absolute Gasteiger partial charge is 0.408 e. The average molecular weight is 423 g/mol. The second-order valence-electron chi connectivity index (χ2n) is 7.92. The number of amides is 3. The Bertz CT molecular complexity index is 1100. The Labute approximate surface area is 179 Å². The van der Waals surface area contributed by atoms with Crippen molar-refractivity contribution < 1.29 is 19.1 Å². The molecule has 0 atom stereocenters. The minimum atomic E-state index is -0.652. The summed E-state index contributed by atoms with van der Waals surface area (Å²) in [5, 5.41) is 7.96. The van der Waals surface area contributed by atoms with Gasteiger partial charge in [-0.2, -0.15) is 0 Å². The molecule has 0 aliphatic carbocycles. The van der Waals surface area contributed by atoms with Crippen LogP contribution in [0.15, 0.2) is 48.8 Å². The summed E-state index contributed by atoms with van der Waals surface area (Å²) in [5.74, 6) is -0.604. The van der Waals surface area contributed by atoms with E-state index in [2.05, 4.69) is 25.9 Å². The van der Waals surface area contributed by atoms with Crippen LogP contribution < -0.4 is 16.0 Å². The lowest BCUT2D eigenvalue weighted by Gasteiger charge is -2.19. The molecule has 9 nitrogen and oxygen atoms in total. The zero-order valence-electron chi connectivity index (χ0n) is 17.6. The Hall–Kier alpha value is -3.88. The number of ether oxygens (including phenoxy) is 1. The van der Waals surface area contributed by atoms with Crippen molar-refractivity contribution in [1.82, 2.24) is 20.6 Å². The van der Waals surface area contributed by atoms with Crippen LogP contribution >= 0.6 is 0 Å². The van der Waals surface area contributed by atoms with Crippen molar-refractivity contribution in [2.75, 3.05) is 11.9 Å². The van der Waals surface area contributed by atoms with Crippen LogP contribution in [0.25, 0.3) is 11.0 Å². The van der Waals surface area contributed by atoms with Crippen LogP contribution in [0, 0.1) is 0 Å². The van der Waals surface area contributed by atoms with E-state index in [0.29, 0.717) is 11.3 Å². The summed E-state index contributed by atoms with van der Waals surface area (Å²) in [5.41, 5.74) is 2.85. The van der Waals surface area contributed by atoms with Crippen LogP contribution in [0.3, 0.4) is 0 Å². The van der Waals surface area contributed by atoms with E-state index in [1.165, 1.54) is 0 Å². The SMILES string of the molecule is CC(C)(C)OC(=O)NCC(=O)NCc1cccc(NC(=O)c2ccc3nc[nH]c3c2)c1. The number of hydrogen-bond donors (Lipinski definition) is 4. The maximum atomic E-state index is 12.5. The summed E-state index contributed by atoms with van der Waals surface area (Å²) in [6, 6.07) is 12.4. The number of aromatic nitrogens is 2. The van der Waals surface area contributed by atoms with Gasteiger partial charge in [0.05, 0.1) is 17.4 Å². The quantitative estimate of drug-likeness (QED) is 0.485. The lowest BCUT2D eigenvalue weighted by molar-refractivity contribution is -0.120. The number of fused-ring (bicyclic) bond motifs is 1. The number of benzene rings is 2. The molecule has 3 rings (SSSR count). The minimum absolute atomic E-state index is 0.193. The van der Waals surface area contributed by atoms with Crippen LogP contribution in [0.1, 0.15) is 36.7 Å². The largest absolute Gasteiger partial charge is 0.444 e. The normalized spacial score (nSPS) is 11.1. The molecule has 0 aliphatic rings. The molecular weight excluding hydrogens is 398 g/mol. The van der Waals surface area contributed by atoms with E-state index in [1.807, 2.05) is 6.07 Å². The van der Waals surface area contributed by atoms with Gasteiger partial charge in [-0.3, -0.25) is 9.59 Å². The molecule has 162 valence electrons. The van der Waals surface area contributed by atoms with Gasteiger partial charge in [0, 0.05) is 17.8 Å². The molecule has 0 spiro atoms. The number of H-pyrrole nitrogens is 1. The third kappa shape index (κ3) is 6.56. The molecule has 0 saturated carbocycles. The van der Waals surface area contributed by atoms with Crippen molar-refractivity contribution in [1.29, 1.82) is 0 Å². The summed E-state index contributed by atoms with van der Waals surface area (Å²) in [7, 11) is 0. The van der Waals surface area contributed by atoms with Gasteiger partial charge in [0.2, 0.25) is 5.91 Å². The predicted octanol–water partition coefficient (Wildman–Crippen LogP) is 2.96. The van der Waals surface area contributed by atoms with Crippen LogP contribution in [0.4, 0.5) is 10.5 Å². The fraction of sp³-hybridized carbons (Fsp3) is 0.273. The molecular formula is C22H25N5O4. The van der Waals surface area contributed by atoms with E-state index in [-0.39, 0.29) is 24.9 Å². The average Bonchev–Trinajstić information content (AvgIpc) is 3.17. The molecule has 3 amide bonds. The predicted molar refractivity (Wildman–Crippen MR) is 117 cm³/mol. The standard InChI is InChI=1S/C22H25N5O4/c1-22(2,3)31-21(30)24-12-19(28)23-11-14-5-4-6-16(9-14)27-20(29)15-7-8-17-18(10-15)26-13-25-17/h4-10,13H,11-12H2,1-3H3,(H,23,28)(H,24,30)(H,25,26)(H,27,29). The monoisotopic (exact) mass is 423 g/mol. The second-order valence-corrected chi connectivity index (χ2v) is 7.92. The molecule has 2 aromatic carbocycles. The molecule has 1 aromatic heterocycles. The fourth-order valence-electron chi connectivity index (χ4n) is 2.77. The molecule has 0 fully saturated rings. The maximum Gasteiger partial charge on any atom is 0.408 e. The Balaban J connectivity index is 1.51. The van der Waals surface area contributed by atoms with Gasteiger partial charge in [-0.1, -0.05) is 12.1 Å². The second kappa shape index (κ2) is 9.29. The van der Waals surface area contributed by atoms with Gasteiger partial charge in [0.1, 0.15) is 12.1 Å². The highest BCUT2D eigenvalue weighted by Crippen LogP contribution is 2.15. The van der Waals surface area contributed by atoms with Crippen molar-refractivity contribution in [3.8, 4) is 0 Å². The van der Waals surface area contributed by atoms with Gasteiger partial charge in [0.15, 0.2) is 0 Å². The summed E-state index contributed by atoms with van der Waals surface area (Å²) in [6.07, 6.45) is 0.924. The Morgan fingerprint density at radius 3 is 2.65 bits per heavy atom. The van der Waals surface area contributed by atoms with Crippen LogP contribution in [0.5, 0.6) is 0 Å². The number of carbonyl (C=O) groups excluding carboxylic acids is 3. The van der Waals surface area contributed by atoms with Gasteiger partial charge in [-0.05, 0) is 56.7 Å². The first-order valence-corrected chi connectivity index (χ1v) is 9.76. The molecule has 0 unspecified atom stereocenters. The third-order valence-corrected chi connectivity index (χ3v) is 4.15. The van der Waals surface area contributed by atoms with Crippen LogP contribution in [0.2, 0.25) is 0 Å². The molecule has 0 bridgehead atoms. The lowest BCUT2D eigenvalue weighted by Crippen LogP contribution is -2.39. The highest BCUT2D eigenvalue weighted by Gasteiger charge is 2.16. The van der Waals surface area contributed by atoms with E-state index in [9.17, 15) is 14.4 Å². The van der Waals surface area contributed by atoms with E-state index in [1.54, 1.807) is 63.5 Å². The number of nitrogens with one attached hydrogen (secondary N) is 4. The van der Waals surface area contributed by atoms with E-state index in [4.69, 9.17) is 4.74 Å². The van der Waals surface area contributed by atoms with E-state index in [0.717, 1.165) is 16.6 Å². The highest BCUT2D eigenvalue weighted by molar-refractivity contribution is 6.05. The van der Waals surface area contributed by atoms with Gasteiger partial charge < -0.3 is 25.7 Å². The fourth-order valence-corrected chi connectivity index (χ4v) is 2.77. The van der Waals surface area contributed by atoms with Crippen molar-refractivity contribution >= 4 is 34.6 Å². The first-order chi connectivity index (χ1) is 14.7. The molecule has 9 heteroatoms. The van der Waals surface area contributed by atoms with Gasteiger partial charge in [0.25, 0.3) is 5.91 Å². The Morgan fingerprint density at radius 1 is 1.06 bits per heavy atom. The zero-order valence-corrected chi connectivity index (χ0v) is 17.6.